The zero-order valence-electron chi connectivity index (χ0n) is 15.0. The second kappa shape index (κ2) is 7.78. The van der Waals surface area contributed by atoms with Crippen LogP contribution in [0.2, 0.25) is 5.02 Å². The van der Waals surface area contributed by atoms with Crippen LogP contribution in [0.3, 0.4) is 0 Å². The molecule has 1 saturated heterocycles. The van der Waals surface area contributed by atoms with Gasteiger partial charge in [0.1, 0.15) is 11.9 Å². The van der Waals surface area contributed by atoms with Crippen molar-refractivity contribution in [3.05, 3.63) is 40.9 Å². The molecule has 0 bridgehead atoms. The zero-order valence-corrected chi connectivity index (χ0v) is 15.7. The molecule has 2 heterocycles. The minimum Gasteiger partial charge on any atom is -0.496 e. The summed E-state index contributed by atoms with van der Waals surface area (Å²) in [6.45, 7) is 1.08. The highest BCUT2D eigenvalue weighted by atomic mass is 35.5. The summed E-state index contributed by atoms with van der Waals surface area (Å²) >= 11 is 6.03. The Morgan fingerprint density at radius 1 is 1.27 bits per heavy atom. The summed E-state index contributed by atoms with van der Waals surface area (Å²) in [5.74, 6) is 1.60. The van der Waals surface area contributed by atoms with Crippen LogP contribution in [0.5, 0.6) is 11.6 Å². The van der Waals surface area contributed by atoms with Crippen molar-refractivity contribution in [2.75, 3.05) is 39.2 Å². The van der Waals surface area contributed by atoms with Gasteiger partial charge in [0.15, 0.2) is 5.82 Å². The normalized spacial score (nSPS) is 16.5. The lowest BCUT2D eigenvalue weighted by Gasteiger charge is -2.18. The number of halogens is 1. The van der Waals surface area contributed by atoms with E-state index in [4.69, 9.17) is 21.1 Å². The number of anilines is 1. The number of carbonyl (C=O) groups excluding carboxylic acids is 1. The predicted octanol–water partition coefficient (Wildman–Crippen LogP) is 2.50. The second-order valence-corrected chi connectivity index (χ2v) is 6.68. The molecule has 0 N–H and O–H groups in total. The monoisotopic (exact) mass is 376 g/mol. The number of benzene rings is 1. The van der Waals surface area contributed by atoms with Crippen molar-refractivity contribution in [2.45, 2.75) is 12.5 Å². The fourth-order valence-corrected chi connectivity index (χ4v) is 2.98. The molecule has 1 aromatic heterocycles. The van der Waals surface area contributed by atoms with Crippen LogP contribution in [0, 0.1) is 0 Å². The molecule has 0 radical (unpaired) electrons. The molecule has 0 aliphatic carbocycles. The van der Waals surface area contributed by atoms with E-state index in [1.54, 1.807) is 29.2 Å². The summed E-state index contributed by atoms with van der Waals surface area (Å²) in [6, 6.07) is 8.65. The largest absolute Gasteiger partial charge is 0.496 e. The minimum absolute atomic E-state index is 0.121. The molecular weight excluding hydrogens is 356 g/mol. The molecule has 1 atom stereocenters. The first kappa shape index (κ1) is 18.3. The fraction of sp³-hybridized carbons (Fsp3) is 0.389. The standard InChI is InChI=1S/C18H21ClN4O3/c1-22(2)16-6-7-17(21-20-16)26-13-8-9-23(11-13)18(24)14-10-12(19)4-5-15(14)25-3/h4-7,10,13H,8-9,11H2,1-3H3. The summed E-state index contributed by atoms with van der Waals surface area (Å²) in [4.78, 5) is 16.4. The zero-order chi connectivity index (χ0) is 18.7. The number of hydrogen-bond acceptors (Lipinski definition) is 6. The van der Waals surface area contributed by atoms with E-state index in [-0.39, 0.29) is 12.0 Å². The van der Waals surface area contributed by atoms with E-state index < -0.39 is 0 Å². The van der Waals surface area contributed by atoms with Crippen LogP contribution in [0.15, 0.2) is 30.3 Å². The molecule has 0 spiro atoms. The van der Waals surface area contributed by atoms with Crippen LogP contribution >= 0.6 is 11.6 Å². The first-order valence-corrected chi connectivity index (χ1v) is 8.66. The molecule has 1 fully saturated rings. The van der Waals surface area contributed by atoms with Crippen molar-refractivity contribution in [2.24, 2.45) is 0 Å². The maximum Gasteiger partial charge on any atom is 0.257 e. The average molecular weight is 377 g/mol. The van der Waals surface area contributed by atoms with Crippen molar-refractivity contribution >= 4 is 23.3 Å². The maximum absolute atomic E-state index is 12.8. The number of likely N-dealkylation sites (tertiary alicyclic amines) is 1. The third-order valence-electron chi connectivity index (χ3n) is 4.20. The molecule has 1 unspecified atom stereocenters. The first-order chi connectivity index (χ1) is 12.5. The number of aromatic nitrogens is 2. The Morgan fingerprint density at radius 2 is 2.08 bits per heavy atom. The van der Waals surface area contributed by atoms with Crippen molar-refractivity contribution in [1.29, 1.82) is 0 Å². The van der Waals surface area contributed by atoms with Crippen LogP contribution in [-0.4, -0.2) is 61.4 Å². The van der Waals surface area contributed by atoms with Gasteiger partial charge in [-0.05, 0) is 24.3 Å². The molecule has 26 heavy (non-hydrogen) atoms. The van der Waals surface area contributed by atoms with Gasteiger partial charge in [0.05, 0.1) is 19.2 Å². The van der Waals surface area contributed by atoms with Gasteiger partial charge in [-0.3, -0.25) is 4.79 Å². The van der Waals surface area contributed by atoms with Gasteiger partial charge in [-0.2, -0.15) is 0 Å². The highest BCUT2D eigenvalue weighted by Crippen LogP contribution is 2.26. The molecule has 1 aromatic carbocycles. The van der Waals surface area contributed by atoms with Gasteiger partial charge >= 0.3 is 0 Å². The van der Waals surface area contributed by atoms with E-state index in [0.717, 1.165) is 12.2 Å². The summed E-state index contributed by atoms with van der Waals surface area (Å²) < 4.78 is 11.1. The highest BCUT2D eigenvalue weighted by molar-refractivity contribution is 6.31. The summed E-state index contributed by atoms with van der Waals surface area (Å²) in [6.07, 6.45) is 0.606. The Bertz CT molecular complexity index is 783. The molecule has 3 rings (SSSR count). The van der Waals surface area contributed by atoms with Gasteiger partial charge < -0.3 is 19.3 Å². The van der Waals surface area contributed by atoms with Crippen molar-refractivity contribution < 1.29 is 14.3 Å². The van der Waals surface area contributed by atoms with E-state index in [0.29, 0.717) is 35.3 Å². The average Bonchev–Trinajstić information content (AvgIpc) is 3.10. The summed E-state index contributed by atoms with van der Waals surface area (Å²) in [5, 5.41) is 8.67. The molecule has 1 aliphatic rings. The van der Waals surface area contributed by atoms with Crippen molar-refractivity contribution in [1.82, 2.24) is 15.1 Å². The number of amides is 1. The van der Waals surface area contributed by atoms with E-state index in [1.807, 2.05) is 25.1 Å². The van der Waals surface area contributed by atoms with Gasteiger partial charge in [-0.1, -0.05) is 11.6 Å². The lowest BCUT2D eigenvalue weighted by Crippen LogP contribution is -2.31. The van der Waals surface area contributed by atoms with E-state index in [2.05, 4.69) is 10.2 Å². The van der Waals surface area contributed by atoms with Gasteiger partial charge in [-0.25, -0.2) is 0 Å². The third kappa shape index (κ3) is 3.99. The number of hydrogen-bond donors (Lipinski definition) is 0. The molecule has 7 nitrogen and oxygen atoms in total. The number of rotatable bonds is 5. The quantitative estimate of drug-likeness (QED) is 0.798. The van der Waals surface area contributed by atoms with Gasteiger partial charge in [0.25, 0.3) is 5.91 Å². The van der Waals surface area contributed by atoms with Crippen molar-refractivity contribution in [3.63, 3.8) is 0 Å². The Morgan fingerprint density at radius 3 is 2.73 bits per heavy atom. The van der Waals surface area contributed by atoms with Crippen LogP contribution in [0.1, 0.15) is 16.8 Å². The van der Waals surface area contributed by atoms with Crippen LogP contribution in [-0.2, 0) is 0 Å². The van der Waals surface area contributed by atoms with Gasteiger partial charge in [0.2, 0.25) is 5.88 Å². The lowest BCUT2D eigenvalue weighted by molar-refractivity contribution is 0.0767. The molecule has 1 amide bonds. The maximum atomic E-state index is 12.8. The van der Waals surface area contributed by atoms with Gasteiger partial charge in [-0.15, -0.1) is 10.2 Å². The number of nitrogens with zero attached hydrogens (tertiary/aromatic N) is 4. The molecule has 1 aliphatic heterocycles. The molecule has 138 valence electrons. The Hall–Kier alpha value is -2.54. The first-order valence-electron chi connectivity index (χ1n) is 8.28. The van der Waals surface area contributed by atoms with E-state index in [9.17, 15) is 4.79 Å². The van der Waals surface area contributed by atoms with Crippen molar-refractivity contribution in [3.8, 4) is 11.6 Å². The topological polar surface area (TPSA) is 67.8 Å². The number of ether oxygens (including phenoxy) is 2. The Kier molecular flexibility index (Phi) is 5.46. The predicted molar refractivity (Wildman–Crippen MR) is 99.3 cm³/mol. The smallest absolute Gasteiger partial charge is 0.257 e. The highest BCUT2D eigenvalue weighted by Gasteiger charge is 2.30. The lowest BCUT2D eigenvalue weighted by atomic mass is 10.1. The Labute approximate surface area is 157 Å². The summed E-state index contributed by atoms with van der Waals surface area (Å²) in [7, 11) is 5.33. The van der Waals surface area contributed by atoms with Crippen LogP contribution in [0.25, 0.3) is 0 Å². The van der Waals surface area contributed by atoms with E-state index in [1.165, 1.54) is 7.11 Å². The Balaban J connectivity index is 1.65. The fourth-order valence-electron chi connectivity index (χ4n) is 2.81. The summed E-state index contributed by atoms with van der Waals surface area (Å²) in [5.41, 5.74) is 0.454. The molecular formula is C18H21ClN4O3. The third-order valence-corrected chi connectivity index (χ3v) is 4.43. The van der Waals surface area contributed by atoms with E-state index >= 15 is 0 Å². The number of carbonyl (C=O) groups is 1. The molecule has 8 heteroatoms. The molecule has 2 aromatic rings. The van der Waals surface area contributed by atoms with Crippen LogP contribution in [0.4, 0.5) is 5.82 Å². The SMILES string of the molecule is COc1ccc(Cl)cc1C(=O)N1CCC(Oc2ccc(N(C)C)nn2)C1. The van der Waals surface area contributed by atoms with Crippen LogP contribution < -0.4 is 14.4 Å². The number of methoxy groups -OCH3 is 1. The minimum atomic E-state index is -0.122. The van der Waals surface area contributed by atoms with Gasteiger partial charge in [0, 0.05) is 38.1 Å². The second-order valence-electron chi connectivity index (χ2n) is 6.25. The molecule has 0 saturated carbocycles.